The number of hydrogen-bond acceptors (Lipinski definition) is 3. The zero-order chi connectivity index (χ0) is 14.9. The van der Waals surface area contributed by atoms with Gasteiger partial charge in [-0.05, 0) is 42.7 Å². The summed E-state index contributed by atoms with van der Waals surface area (Å²) in [4.78, 5) is 0. The lowest BCUT2D eigenvalue weighted by Gasteiger charge is -2.27. The Hall–Kier alpha value is -2.00. The average Bonchev–Trinajstić information content (AvgIpc) is 2.72. The fourth-order valence-electron chi connectivity index (χ4n) is 2.74. The van der Waals surface area contributed by atoms with Crippen LogP contribution in [-0.2, 0) is 5.60 Å². The van der Waals surface area contributed by atoms with E-state index in [2.05, 4.69) is 0 Å². The Morgan fingerprint density at radius 3 is 2.48 bits per heavy atom. The quantitative estimate of drug-likeness (QED) is 0.918. The van der Waals surface area contributed by atoms with Crippen LogP contribution in [0.15, 0.2) is 42.5 Å². The summed E-state index contributed by atoms with van der Waals surface area (Å²) in [6.07, 6.45) is 0.873. The van der Waals surface area contributed by atoms with Crippen LogP contribution in [0.4, 0.5) is 0 Å². The molecule has 0 radical (unpaired) electrons. The number of aryl methyl sites for hydroxylation is 1. The van der Waals surface area contributed by atoms with E-state index in [-0.39, 0.29) is 0 Å². The molecule has 0 spiro atoms. The number of benzene rings is 2. The molecular formula is C18H20O3. The zero-order valence-electron chi connectivity index (χ0n) is 12.4. The summed E-state index contributed by atoms with van der Waals surface area (Å²) in [5.41, 5.74) is 1.71. The van der Waals surface area contributed by atoms with Gasteiger partial charge in [-0.2, -0.15) is 0 Å². The smallest absolute Gasteiger partial charge is 0.161 e. The molecule has 0 saturated heterocycles. The molecule has 0 amide bonds. The third kappa shape index (κ3) is 2.61. The van der Waals surface area contributed by atoms with Crippen LogP contribution in [0.1, 0.15) is 30.0 Å². The highest BCUT2D eigenvalue weighted by molar-refractivity contribution is 5.48. The molecule has 0 fully saturated rings. The van der Waals surface area contributed by atoms with Crippen LogP contribution < -0.4 is 9.47 Å². The minimum absolute atomic E-state index is 0.642. The van der Waals surface area contributed by atoms with Crippen LogP contribution in [0, 0.1) is 6.92 Å². The van der Waals surface area contributed by atoms with E-state index in [9.17, 15) is 5.11 Å². The van der Waals surface area contributed by atoms with E-state index in [4.69, 9.17) is 9.47 Å². The van der Waals surface area contributed by atoms with Crippen molar-refractivity contribution in [1.29, 1.82) is 0 Å². The molecule has 1 N–H and O–H groups in total. The molecule has 0 aliphatic carbocycles. The second kappa shape index (κ2) is 5.41. The summed E-state index contributed by atoms with van der Waals surface area (Å²) >= 11 is 0. The summed E-state index contributed by atoms with van der Waals surface area (Å²) < 4.78 is 11.4. The van der Waals surface area contributed by atoms with Crippen molar-refractivity contribution in [3.05, 3.63) is 59.2 Å². The minimum atomic E-state index is -1.06. The van der Waals surface area contributed by atoms with Gasteiger partial charge in [-0.1, -0.05) is 30.3 Å². The molecule has 1 aliphatic rings. The molecule has 1 unspecified atom stereocenters. The number of fused-ring (bicyclic) bond motifs is 1. The van der Waals surface area contributed by atoms with Crippen molar-refractivity contribution in [2.45, 2.75) is 25.9 Å². The van der Waals surface area contributed by atoms with E-state index in [0.717, 1.165) is 28.9 Å². The van der Waals surface area contributed by atoms with Gasteiger partial charge < -0.3 is 14.6 Å². The second-order valence-electron chi connectivity index (χ2n) is 5.60. The van der Waals surface area contributed by atoms with E-state index in [1.54, 1.807) is 0 Å². The van der Waals surface area contributed by atoms with Gasteiger partial charge in [-0.3, -0.25) is 0 Å². The third-order valence-corrected chi connectivity index (χ3v) is 3.98. The van der Waals surface area contributed by atoms with E-state index >= 15 is 0 Å². The van der Waals surface area contributed by atoms with Crippen LogP contribution in [-0.4, -0.2) is 18.3 Å². The highest BCUT2D eigenvalue weighted by Gasteiger charge is 2.28. The third-order valence-electron chi connectivity index (χ3n) is 3.98. The van der Waals surface area contributed by atoms with Crippen molar-refractivity contribution < 1.29 is 14.6 Å². The highest BCUT2D eigenvalue weighted by atomic mass is 16.5. The van der Waals surface area contributed by atoms with Crippen molar-refractivity contribution in [3.63, 3.8) is 0 Å². The lowest BCUT2D eigenvalue weighted by Crippen LogP contribution is -2.24. The van der Waals surface area contributed by atoms with Crippen LogP contribution in [0.3, 0.4) is 0 Å². The molecule has 110 valence electrons. The Morgan fingerprint density at radius 1 is 1.00 bits per heavy atom. The standard InChI is InChI=1S/C18H20O3/c1-13-6-3-4-7-15(13)18(2,19)14-8-9-16-17(12-14)21-11-5-10-20-16/h3-4,6-9,12,19H,5,10-11H2,1-2H3. The monoisotopic (exact) mass is 284 g/mol. The molecule has 21 heavy (non-hydrogen) atoms. The molecule has 1 atom stereocenters. The van der Waals surface area contributed by atoms with Crippen LogP contribution in [0.25, 0.3) is 0 Å². The van der Waals surface area contributed by atoms with E-state index < -0.39 is 5.60 Å². The Morgan fingerprint density at radius 2 is 1.71 bits per heavy atom. The number of hydrogen-bond donors (Lipinski definition) is 1. The van der Waals surface area contributed by atoms with Gasteiger partial charge in [-0.25, -0.2) is 0 Å². The van der Waals surface area contributed by atoms with Crippen LogP contribution in [0.5, 0.6) is 11.5 Å². The lowest BCUT2D eigenvalue weighted by molar-refractivity contribution is 0.101. The summed E-state index contributed by atoms with van der Waals surface area (Å²) in [5.74, 6) is 1.45. The lowest BCUT2D eigenvalue weighted by atomic mass is 9.85. The molecule has 2 aromatic rings. The molecule has 3 nitrogen and oxygen atoms in total. The van der Waals surface area contributed by atoms with Gasteiger partial charge in [0.05, 0.1) is 13.2 Å². The van der Waals surface area contributed by atoms with Crippen molar-refractivity contribution in [2.24, 2.45) is 0 Å². The van der Waals surface area contributed by atoms with Gasteiger partial charge in [-0.15, -0.1) is 0 Å². The van der Waals surface area contributed by atoms with E-state index in [1.807, 2.05) is 56.3 Å². The van der Waals surface area contributed by atoms with Gasteiger partial charge in [0.25, 0.3) is 0 Å². The topological polar surface area (TPSA) is 38.7 Å². The fraction of sp³-hybridized carbons (Fsp3) is 0.333. The molecular weight excluding hydrogens is 264 g/mol. The van der Waals surface area contributed by atoms with Gasteiger partial charge in [0.1, 0.15) is 5.60 Å². The molecule has 1 aliphatic heterocycles. The van der Waals surface area contributed by atoms with Gasteiger partial charge in [0, 0.05) is 6.42 Å². The molecule has 1 heterocycles. The molecule has 3 rings (SSSR count). The van der Waals surface area contributed by atoms with Crippen molar-refractivity contribution >= 4 is 0 Å². The predicted molar refractivity (Wildman–Crippen MR) is 81.9 cm³/mol. The Kier molecular flexibility index (Phi) is 3.60. The normalized spacial score (nSPS) is 16.9. The first-order valence-electron chi connectivity index (χ1n) is 7.27. The Labute approximate surface area is 125 Å². The Bertz CT molecular complexity index is 647. The molecule has 0 bridgehead atoms. The molecule has 0 saturated carbocycles. The van der Waals surface area contributed by atoms with Crippen LogP contribution >= 0.6 is 0 Å². The van der Waals surface area contributed by atoms with Gasteiger partial charge in [0.15, 0.2) is 11.5 Å². The SMILES string of the molecule is Cc1ccccc1C(C)(O)c1ccc2c(c1)OCCCO2. The molecule has 3 heteroatoms. The number of aliphatic hydroxyl groups is 1. The first kappa shape index (κ1) is 14.0. The molecule has 2 aromatic carbocycles. The molecule has 0 aromatic heterocycles. The summed E-state index contributed by atoms with van der Waals surface area (Å²) in [5, 5.41) is 11.0. The van der Waals surface area contributed by atoms with E-state index in [1.165, 1.54) is 0 Å². The maximum atomic E-state index is 11.0. The Balaban J connectivity index is 2.03. The fourth-order valence-corrected chi connectivity index (χ4v) is 2.74. The number of rotatable bonds is 2. The summed E-state index contributed by atoms with van der Waals surface area (Å²) in [7, 11) is 0. The highest BCUT2D eigenvalue weighted by Crippen LogP contribution is 2.37. The second-order valence-corrected chi connectivity index (χ2v) is 5.60. The minimum Gasteiger partial charge on any atom is -0.490 e. The number of ether oxygens (including phenoxy) is 2. The summed E-state index contributed by atoms with van der Waals surface area (Å²) in [6, 6.07) is 13.5. The predicted octanol–water partition coefficient (Wildman–Crippen LogP) is 3.41. The van der Waals surface area contributed by atoms with Crippen molar-refractivity contribution in [3.8, 4) is 11.5 Å². The van der Waals surface area contributed by atoms with Gasteiger partial charge >= 0.3 is 0 Å². The maximum absolute atomic E-state index is 11.0. The summed E-state index contributed by atoms with van der Waals surface area (Å²) in [6.45, 7) is 5.13. The van der Waals surface area contributed by atoms with Gasteiger partial charge in [0.2, 0.25) is 0 Å². The van der Waals surface area contributed by atoms with Crippen molar-refractivity contribution in [2.75, 3.05) is 13.2 Å². The largest absolute Gasteiger partial charge is 0.490 e. The van der Waals surface area contributed by atoms with Crippen molar-refractivity contribution in [1.82, 2.24) is 0 Å². The zero-order valence-corrected chi connectivity index (χ0v) is 12.4. The maximum Gasteiger partial charge on any atom is 0.161 e. The average molecular weight is 284 g/mol. The first-order valence-corrected chi connectivity index (χ1v) is 7.27. The first-order chi connectivity index (χ1) is 10.1. The van der Waals surface area contributed by atoms with E-state index in [0.29, 0.717) is 19.0 Å². The van der Waals surface area contributed by atoms with Crippen LogP contribution in [0.2, 0.25) is 0 Å².